The summed E-state index contributed by atoms with van der Waals surface area (Å²) in [6, 6.07) is 0. The Morgan fingerprint density at radius 2 is 2.26 bits per heavy atom. The molecule has 1 amide bonds. The molecule has 2 aliphatic heterocycles. The minimum atomic E-state index is -0.762. The van der Waals surface area contributed by atoms with Crippen LogP contribution in [0.5, 0.6) is 0 Å². The molecule has 0 radical (unpaired) electrons. The van der Waals surface area contributed by atoms with Crippen LogP contribution in [-0.4, -0.2) is 47.1 Å². The minimum Gasteiger partial charge on any atom is -0.481 e. The minimum absolute atomic E-state index is 0.126. The summed E-state index contributed by atoms with van der Waals surface area (Å²) in [7, 11) is 0. The maximum atomic E-state index is 12.7. The Balaban J connectivity index is 1.97. The predicted molar refractivity (Wildman–Crippen MR) is 71.8 cm³/mol. The van der Waals surface area contributed by atoms with E-state index < -0.39 is 5.97 Å². The van der Waals surface area contributed by atoms with Gasteiger partial charge in [-0.25, -0.2) is 0 Å². The Bertz CT molecular complexity index is 351. The van der Waals surface area contributed by atoms with Gasteiger partial charge in [-0.3, -0.25) is 9.59 Å². The summed E-state index contributed by atoms with van der Waals surface area (Å²) in [4.78, 5) is 25.3. The third-order valence-electron chi connectivity index (χ3n) is 4.37. The number of aliphatic carboxylic acids is 1. The number of carboxylic acid groups (broad SMARTS) is 1. The largest absolute Gasteiger partial charge is 0.481 e. The number of carbonyl (C=O) groups is 2. The summed E-state index contributed by atoms with van der Waals surface area (Å²) >= 11 is 0. The summed E-state index contributed by atoms with van der Waals surface area (Å²) in [5, 5.41) is 12.2. The van der Waals surface area contributed by atoms with Crippen molar-refractivity contribution in [2.24, 2.45) is 5.92 Å². The van der Waals surface area contributed by atoms with E-state index in [9.17, 15) is 9.59 Å². The number of nitrogens with one attached hydrogen (secondary N) is 1. The molecule has 2 unspecified atom stereocenters. The van der Waals surface area contributed by atoms with Crippen molar-refractivity contribution in [3.63, 3.8) is 0 Å². The van der Waals surface area contributed by atoms with Gasteiger partial charge in [0.2, 0.25) is 5.91 Å². The SMILES string of the molecule is CCCC1(C(=O)N2CCC(CC(=O)O)C2)CCCN1. The van der Waals surface area contributed by atoms with Gasteiger partial charge in [-0.2, -0.15) is 0 Å². The third-order valence-corrected chi connectivity index (χ3v) is 4.37. The zero-order chi connectivity index (χ0) is 13.9. The molecule has 0 spiro atoms. The molecule has 0 aromatic heterocycles. The molecular weight excluding hydrogens is 244 g/mol. The fraction of sp³-hybridized carbons (Fsp3) is 0.857. The lowest BCUT2D eigenvalue weighted by Gasteiger charge is -2.32. The van der Waals surface area contributed by atoms with Gasteiger partial charge in [0.1, 0.15) is 0 Å². The molecule has 2 atom stereocenters. The van der Waals surface area contributed by atoms with Crippen LogP contribution in [0.2, 0.25) is 0 Å². The summed E-state index contributed by atoms with van der Waals surface area (Å²) in [5.74, 6) is -0.442. The van der Waals surface area contributed by atoms with E-state index in [2.05, 4.69) is 12.2 Å². The molecule has 0 aliphatic carbocycles. The van der Waals surface area contributed by atoms with Crippen LogP contribution in [0.1, 0.15) is 45.4 Å². The van der Waals surface area contributed by atoms with Gasteiger partial charge in [-0.05, 0) is 38.1 Å². The fourth-order valence-electron chi connectivity index (χ4n) is 3.47. The van der Waals surface area contributed by atoms with Crippen LogP contribution in [0.25, 0.3) is 0 Å². The Morgan fingerprint density at radius 3 is 2.84 bits per heavy atom. The normalized spacial score (nSPS) is 30.8. The van der Waals surface area contributed by atoms with Crippen LogP contribution in [-0.2, 0) is 9.59 Å². The molecule has 19 heavy (non-hydrogen) atoms. The highest BCUT2D eigenvalue weighted by Gasteiger charge is 2.44. The van der Waals surface area contributed by atoms with E-state index in [1.165, 1.54) is 0 Å². The van der Waals surface area contributed by atoms with Crippen molar-refractivity contribution in [1.29, 1.82) is 0 Å². The standard InChI is InChI=1S/C14H24N2O3/c1-2-5-14(6-3-7-15-14)13(19)16-8-4-11(10-16)9-12(17)18/h11,15H,2-10H2,1H3,(H,17,18). The van der Waals surface area contributed by atoms with Crippen molar-refractivity contribution in [3.8, 4) is 0 Å². The Hall–Kier alpha value is -1.10. The molecule has 0 saturated carbocycles. The van der Waals surface area contributed by atoms with Gasteiger partial charge in [0.25, 0.3) is 0 Å². The number of rotatable bonds is 5. The van der Waals surface area contributed by atoms with Crippen molar-refractivity contribution >= 4 is 11.9 Å². The van der Waals surface area contributed by atoms with Gasteiger partial charge < -0.3 is 15.3 Å². The van der Waals surface area contributed by atoms with E-state index in [1.807, 2.05) is 4.90 Å². The predicted octanol–water partition coefficient (Wildman–Crippen LogP) is 1.23. The molecule has 2 rings (SSSR count). The van der Waals surface area contributed by atoms with Crippen molar-refractivity contribution < 1.29 is 14.7 Å². The number of hydrogen-bond donors (Lipinski definition) is 2. The molecule has 0 bridgehead atoms. The third kappa shape index (κ3) is 3.08. The number of nitrogens with zero attached hydrogens (tertiary/aromatic N) is 1. The monoisotopic (exact) mass is 268 g/mol. The van der Waals surface area contributed by atoms with Gasteiger partial charge in [0.15, 0.2) is 0 Å². The first-order valence-corrected chi connectivity index (χ1v) is 7.33. The maximum absolute atomic E-state index is 12.7. The average Bonchev–Trinajstić information content (AvgIpc) is 2.98. The lowest BCUT2D eigenvalue weighted by Crippen LogP contribution is -2.54. The molecule has 0 aromatic carbocycles. The van der Waals surface area contributed by atoms with Crippen LogP contribution < -0.4 is 5.32 Å². The van der Waals surface area contributed by atoms with Crippen LogP contribution in [0, 0.1) is 5.92 Å². The van der Waals surface area contributed by atoms with Crippen molar-refractivity contribution in [2.75, 3.05) is 19.6 Å². The molecule has 5 nitrogen and oxygen atoms in total. The first kappa shape index (κ1) is 14.3. The summed E-state index contributed by atoms with van der Waals surface area (Å²) in [6.45, 7) is 4.34. The molecule has 0 aromatic rings. The summed E-state index contributed by atoms with van der Waals surface area (Å²) in [6.07, 6.45) is 4.84. The fourth-order valence-corrected chi connectivity index (χ4v) is 3.47. The highest BCUT2D eigenvalue weighted by Crippen LogP contribution is 2.30. The quantitative estimate of drug-likeness (QED) is 0.787. The Labute approximate surface area is 114 Å². The Morgan fingerprint density at radius 1 is 1.47 bits per heavy atom. The van der Waals surface area contributed by atoms with Crippen molar-refractivity contribution in [1.82, 2.24) is 10.2 Å². The van der Waals surface area contributed by atoms with Gasteiger partial charge in [0, 0.05) is 19.5 Å². The summed E-state index contributed by atoms with van der Waals surface area (Å²) < 4.78 is 0. The highest BCUT2D eigenvalue weighted by molar-refractivity contribution is 5.87. The highest BCUT2D eigenvalue weighted by atomic mass is 16.4. The average molecular weight is 268 g/mol. The second-order valence-electron chi connectivity index (χ2n) is 5.87. The number of amides is 1. The number of carbonyl (C=O) groups excluding carboxylic acids is 1. The number of carboxylic acids is 1. The number of hydrogen-bond acceptors (Lipinski definition) is 3. The van der Waals surface area contributed by atoms with E-state index in [-0.39, 0.29) is 23.8 Å². The van der Waals surface area contributed by atoms with Crippen LogP contribution >= 0.6 is 0 Å². The van der Waals surface area contributed by atoms with Crippen LogP contribution in [0.3, 0.4) is 0 Å². The van der Waals surface area contributed by atoms with E-state index in [0.29, 0.717) is 13.1 Å². The van der Waals surface area contributed by atoms with Gasteiger partial charge in [-0.15, -0.1) is 0 Å². The first-order valence-electron chi connectivity index (χ1n) is 7.33. The lowest BCUT2D eigenvalue weighted by atomic mass is 9.90. The van der Waals surface area contributed by atoms with E-state index in [1.54, 1.807) is 0 Å². The molecule has 2 heterocycles. The Kier molecular flexibility index (Phi) is 4.45. The van der Waals surface area contributed by atoms with Gasteiger partial charge in [-0.1, -0.05) is 13.3 Å². The second kappa shape index (κ2) is 5.90. The van der Waals surface area contributed by atoms with Crippen molar-refractivity contribution in [3.05, 3.63) is 0 Å². The van der Waals surface area contributed by atoms with Crippen LogP contribution in [0.4, 0.5) is 0 Å². The number of likely N-dealkylation sites (tertiary alicyclic amines) is 1. The van der Waals surface area contributed by atoms with E-state index in [4.69, 9.17) is 5.11 Å². The van der Waals surface area contributed by atoms with Gasteiger partial charge >= 0.3 is 5.97 Å². The second-order valence-corrected chi connectivity index (χ2v) is 5.87. The lowest BCUT2D eigenvalue weighted by molar-refractivity contribution is -0.140. The zero-order valence-electron chi connectivity index (χ0n) is 11.7. The van der Waals surface area contributed by atoms with E-state index >= 15 is 0 Å². The van der Waals surface area contributed by atoms with E-state index in [0.717, 1.165) is 38.6 Å². The maximum Gasteiger partial charge on any atom is 0.303 e. The molecule has 5 heteroatoms. The molecular formula is C14H24N2O3. The summed E-state index contributed by atoms with van der Waals surface area (Å²) in [5.41, 5.74) is -0.368. The molecule has 2 fully saturated rings. The zero-order valence-corrected chi connectivity index (χ0v) is 11.7. The topological polar surface area (TPSA) is 69.6 Å². The van der Waals surface area contributed by atoms with Gasteiger partial charge in [0.05, 0.1) is 5.54 Å². The molecule has 108 valence electrons. The molecule has 2 N–H and O–H groups in total. The van der Waals surface area contributed by atoms with Crippen LogP contribution in [0.15, 0.2) is 0 Å². The molecule has 2 saturated heterocycles. The first-order chi connectivity index (χ1) is 9.07. The van der Waals surface area contributed by atoms with Crippen molar-refractivity contribution in [2.45, 2.75) is 51.0 Å². The molecule has 2 aliphatic rings. The smallest absolute Gasteiger partial charge is 0.303 e.